The summed E-state index contributed by atoms with van der Waals surface area (Å²) in [4.78, 5) is 2.31. The Hall–Kier alpha value is -0.630. The average molecular weight is 390 g/mol. The Labute approximate surface area is 142 Å². The van der Waals surface area contributed by atoms with Gasteiger partial charge in [-0.3, -0.25) is 0 Å². The molecule has 1 saturated heterocycles. The summed E-state index contributed by atoms with van der Waals surface area (Å²) in [6.45, 7) is 7.07. The fourth-order valence-corrected chi connectivity index (χ4v) is 4.48. The lowest BCUT2D eigenvalue weighted by atomic mass is 10.1. The lowest BCUT2D eigenvalue weighted by Crippen LogP contribution is -2.42. The first-order valence-corrected chi connectivity index (χ1v) is 9.94. The topological polar surface area (TPSA) is 52.7 Å². The minimum Gasteiger partial charge on any atom is -0.371 e. The van der Waals surface area contributed by atoms with E-state index in [0.717, 1.165) is 24.0 Å². The van der Waals surface area contributed by atoms with Gasteiger partial charge in [0.2, 0.25) is 0 Å². The van der Waals surface area contributed by atoms with E-state index in [1.807, 2.05) is 26.0 Å². The van der Waals surface area contributed by atoms with Gasteiger partial charge in [-0.2, -0.15) is 12.7 Å². The lowest BCUT2D eigenvalue weighted by molar-refractivity contribution is 0.428. The predicted octanol–water partition coefficient (Wildman–Crippen LogP) is 2.45. The number of hydrogen-bond acceptors (Lipinski definition) is 3. The van der Waals surface area contributed by atoms with Gasteiger partial charge in [0.05, 0.1) is 0 Å². The van der Waals surface area contributed by atoms with Crippen molar-refractivity contribution >= 4 is 31.8 Å². The molecule has 124 valence electrons. The fourth-order valence-electron chi connectivity index (χ4n) is 2.78. The molecule has 1 atom stereocenters. The minimum absolute atomic E-state index is 0.351. The van der Waals surface area contributed by atoms with Gasteiger partial charge in [0.15, 0.2) is 0 Å². The molecular formula is C15H24BrN3O2S. The second-order valence-corrected chi connectivity index (χ2v) is 8.19. The first-order chi connectivity index (χ1) is 10.5. The number of rotatable bonds is 7. The largest absolute Gasteiger partial charge is 0.371 e. The standard InChI is InChI=1S/C15H24BrN3O2S/c1-3-19(4-2)22(20,21)17-11-13-8-9-18(12-13)15-7-5-6-14(16)10-15/h5-7,10,13,17H,3-4,8-9,11-12H2,1-2H3. The van der Waals surface area contributed by atoms with Crippen LogP contribution in [0, 0.1) is 5.92 Å². The molecule has 1 aliphatic heterocycles. The number of benzene rings is 1. The van der Waals surface area contributed by atoms with E-state index < -0.39 is 10.2 Å². The van der Waals surface area contributed by atoms with Gasteiger partial charge in [-0.05, 0) is 30.5 Å². The molecule has 0 saturated carbocycles. The Balaban J connectivity index is 1.89. The van der Waals surface area contributed by atoms with Crippen molar-refractivity contribution in [3.63, 3.8) is 0 Å². The average Bonchev–Trinajstić information content (AvgIpc) is 2.95. The quantitative estimate of drug-likeness (QED) is 0.778. The molecule has 0 bridgehead atoms. The van der Waals surface area contributed by atoms with Crippen molar-refractivity contribution in [2.24, 2.45) is 5.92 Å². The highest BCUT2D eigenvalue weighted by atomic mass is 79.9. The molecule has 1 aliphatic rings. The van der Waals surface area contributed by atoms with Crippen LogP contribution >= 0.6 is 15.9 Å². The van der Waals surface area contributed by atoms with Crippen molar-refractivity contribution in [1.82, 2.24) is 9.03 Å². The van der Waals surface area contributed by atoms with E-state index in [4.69, 9.17) is 0 Å². The molecule has 2 rings (SSSR count). The van der Waals surface area contributed by atoms with Gasteiger partial charge in [-0.25, -0.2) is 4.72 Å². The minimum atomic E-state index is -3.34. The van der Waals surface area contributed by atoms with Crippen LogP contribution in [0.15, 0.2) is 28.7 Å². The third-order valence-corrected chi connectivity index (χ3v) is 6.28. The van der Waals surface area contributed by atoms with Crippen LogP contribution in [0.25, 0.3) is 0 Å². The number of nitrogens with one attached hydrogen (secondary N) is 1. The summed E-state index contributed by atoms with van der Waals surface area (Å²) < 4.78 is 29.5. The summed E-state index contributed by atoms with van der Waals surface area (Å²) in [6.07, 6.45) is 1.01. The first-order valence-electron chi connectivity index (χ1n) is 7.71. The normalized spacial score (nSPS) is 19.1. The van der Waals surface area contributed by atoms with Crippen molar-refractivity contribution in [3.05, 3.63) is 28.7 Å². The van der Waals surface area contributed by atoms with Crippen LogP contribution in [0.4, 0.5) is 5.69 Å². The maximum atomic E-state index is 12.1. The van der Waals surface area contributed by atoms with Crippen LogP contribution < -0.4 is 9.62 Å². The molecule has 1 aromatic rings. The SMILES string of the molecule is CCN(CC)S(=O)(=O)NCC1CCN(c2cccc(Br)c2)C1. The molecule has 1 unspecified atom stereocenters. The summed E-state index contributed by atoms with van der Waals surface area (Å²) in [7, 11) is -3.34. The first kappa shape index (κ1) is 17.7. The Bertz CT molecular complexity index is 590. The van der Waals surface area contributed by atoms with Crippen LogP contribution in [-0.4, -0.2) is 45.4 Å². The van der Waals surface area contributed by atoms with Gasteiger partial charge in [-0.15, -0.1) is 0 Å². The summed E-state index contributed by atoms with van der Waals surface area (Å²) in [5, 5.41) is 0. The molecule has 1 heterocycles. The number of halogens is 1. The zero-order valence-corrected chi connectivity index (χ0v) is 15.5. The Kier molecular flexibility index (Phi) is 6.26. The number of nitrogens with zero attached hydrogens (tertiary/aromatic N) is 2. The van der Waals surface area contributed by atoms with E-state index in [1.54, 1.807) is 0 Å². The molecule has 22 heavy (non-hydrogen) atoms. The molecule has 0 radical (unpaired) electrons. The zero-order chi connectivity index (χ0) is 16.2. The van der Waals surface area contributed by atoms with Crippen LogP contribution in [0.2, 0.25) is 0 Å². The van der Waals surface area contributed by atoms with Gasteiger partial charge in [-0.1, -0.05) is 35.8 Å². The van der Waals surface area contributed by atoms with Gasteiger partial charge in [0.1, 0.15) is 0 Å². The van der Waals surface area contributed by atoms with E-state index in [1.165, 1.54) is 9.99 Å². The Morgan fingerprint density at radius 1 is 1.36 bits per heavy atom. The van der Waals surface area contributed by atoms with Crippen LogP contribution in [-0.2, 0) is 10.2 Å². The predicted molar refractivity (Wildman–Crippen MR) is 94.3 cm³/mol. The fraction of sp³-hybridized carbons (Fsp3) is 0.600. The zero-order valence-electron chi connectivity index (χ0n) is 13.1. The summed E-state index contributed by atoms with van der Waals surface area (Å²) >= 11 is 3.49. The third kappa shape index (κ3) is 4.44. The van der Waals surface area contributed by atoms with Crippen LogP contribution in [0.5, 0.6) is 0 Å². The molecule has 0 spiro atoms. The van der Waals surface area contributed by atoms with Crippen LogP contribution in [0.1, 0.15) is 20.3 Å². The smallest absolute Gasteiger partial charge is 0.279 e. The molecule has 0 aromatic heterocycles. The van der Waals surface area contributed by atoms with Gasteiger partial charge < -0.3 is 4.90 Å². The summed E-state index contributed by atoms with van der Waals surface area (Å²) in [5.74, 6) is 0.351. The summed E-state index contributed by atoms with van der Waals surface area (Å²) in [6, 6.07) is 8.22. The molecule has 1 fully saturated rings. The Morgan fingerprint density at radius 2 is 2.09 bits per heavy atom. The molecule has 1 aromatic carbocycles. The number of hydrogen-bond donors (Lipinski definition) is 1. The van der Waals surface area contributed by atoms with Gasteiger partial charge in [0.25, 0.3) is 10.2 Å². The second-order valence-electron chi connectivity index (χ2n) is 5.52. The Morgan fingerprint density at radius 3 is 2.73 bits per heavy atom. The molecular weight excluding hydrogens is 366 g/mol. The van der Waals surface area contributed by atoms with Crippen molar-refractivity contribution in [3.8, 4) is 0 Å². The maximum absolute atomic E-state index is 12.1. The van der Waals surface area contributed by atoms with E-state index in [9.17, 15) is 8.42 Å². The third-order valence-electron chi connectivity index (χ3n) is 4.06. The lowest BCUT2D eigenvalue weighted by Gasteiger charge is -2.21. The molecule has 7 heteroatoms. The van der Waals surface area contributed by atoms with Crippen molar-refractivity contribution in [1.29, 1.82) is 0 Å². The molecule has 0 amide bonds. The monoisotopic (exact) mass is 389 g/mol. The number of anilines is 1. The van der Waals surface area contributed by atoms with Crippen molar-refractivity contribution < 1.29 is 8.42 Å². The summed E-state index contributed by atoms with van der Waals surface area (Å²) in [5.41, 5.74) is 1.18. The van der Waals surface area contributed by atoms with Crippen molar-refractivity contribution in [2.75, 3.05) is 37.6 Å². The van der Waals surface area contributed by atoms with Gasteiger partial charge in [0, 0.05) is 42.9 Å². The van der Waals surface area contributed by atoms with Crippen LogP contribution in [0.3, 0.4) is 0 Å². The van der Waals surface area contributed by atoms with E-state index in [-0.39, 0.29) is 0 Å². The van der Waals surface area contributed by atoms with E-state index in [0.29, 0.717) is 25.6 Å². The highest BCUT2D eigenvalue weighted by Crippen LogP contribution is 2.26. The maximum Gasteiger partial charge on any atom is 0.279 e. The molecule has 1 N–H and O–H groups in total. The van der Waals surface area contributed by atoms with E-state index in [2.05, 4.69) is 37.7 Å². The molecule has 5 nitrogen and oxygen atoms in total. The second kappa shape index (κ2) is 7.77. The van der Waals surface area contributed by atoms with Gasteiger partial charge >= 0.3 is 0 Å². The van der Waals surface area contributed by atoms with E-state index >= 15 is 0 Å². The van der Waals surface area contributed by atoms with Crippen molar-refractivity contribution in [2.45, 2.75) is 20.3 Å². The molecule has 0 aliphatic carbocycles. The highest BCUT2D eigenvalue weighted by molar-refractivity contribution is 9.10. The highest BCUT2D eigenvalue weighted by Gasteiger charge is 2.25.